The largest absolute Gasteiger partial charge is 0.413 e. The Labute approximate surface area is 106 Å². The van der Waals surface area contributed by atoms with Crippen molar-refractivity contribution >= 4 is 12.7 Å². The lowest BCUT2D eigenvalue weighted by Gasteiger charge is -2.16. The van der Waals surface area contributed by atoms with Gasteiger partial charge in [-0.05, 0) is 18.6 Å². The lowest BCUT2D eigenvalue weighted by atomic mass is 9.54. The van der Waals surface area contributed by atoms with Crippen LogP contribution in [-0.2, 0) is 0 Å². The molecule has 0 spiro atoms. The van der Waals surface area contributed by atoms with Crippen molar-refractivity contribution in [3.05, 3.63) is 23.9 Å². The van der Waals surface area contributed by atoms with Crippen molar-refractivity contribution in [2.24, 2.45) is 0 Å². The fraction of sp³-hybridized carbons (Fsp3) is 0.643. The summed E-state index contributed by atoms with van der Waals surface area (Å²) in [6, 6.07) is 4.11. The summed E-state index contributed by atoms with van der Waals surface area (Å²) >= 11 is 0. The van der Waals surface area contributed by atoms with Crippen LogP contribution in [0.15, 0.2) is 18.3 Å². The number of nitrogens with one attached hydrogen (secondary N) is 1. The van der Waals surface area contributed by atoms with Crippen molar-refractivity contribution in [3.63, 3.8) is 0 Å². The van der Waals surface area contributed by atoms with E-state index in [0.29, 0.717) is 6.85 Å². The third-order valence-electron chi connectivity index (χ3n) is 3.16. The summed E-state index contributed by atoms with van der Waals surface area (Å²) in [7, 11) is 0. The molecule has 0 aliphatic heterocycles. The van der Waals surface area contributed by atoms with E-state index in [4.69, 9.17) is 0 Å². The quantitative estimate of drug-likeness (QED) is 0.672. The van der Waals surface area contributed by atoms with Gasteiger partial charge >= 0.3 is 0 Å². The molecular formula is C14H25BN2. The molecule has 2 nitrogen and oxygen atoms in total. The lowest BCUT2D eigenvalue weighted by Crippen LogP contribution is -2.25. The Bertz CT molecular complexity index is 307. The standard InChI is InChI=1S/C14H25BN2/c1-4-6-10-15(11-7-5-2)17-14-13(3)9-8-12-16-14/h8-9,12H,4-7,10-11H2,1-3H3,(H,16,17). The number of hydrogen-bond acceptors (Lipinski definition) is 2. The second kappa shape index (κ2) is 8.16. The van der Waals surface area contributed by atoms with E-state index in [0.717, 1.165) is 5.82 Å². The molecule has 1 rings (SSSR count). The number of rotatable bonds is 8. The monoisotopic (exact) mass is 232 g/mol. The van der Waals surface area contributed by atoms with Gasteiger partial charge < -0.3 is 5.23 Å². The van der Waals surface area contributed by atoms with Crippen LogP contribution in [0, 0.1) is 6.92 Å². The van der Waals surface area contributed by atoms with Crippen molar-refractivity contribution in [2.75, 3.05) is 5.23 Å². The number of aromatic nitrogens is 1. The van der Waals surface area contributed by atoms with E-state index in [1.165, 1.54) is 43.9 Å². The Morgan fingerprint density at radius 1 is 1.18 bits per heavy atom. The average Bonchev–Trinajstić information content (AvgIpc) is 2.35. The van der Waals surface area contributed by atoms with E-state index in [-0.39, 0.29) is 0 Å². The molecule has 1 N–H and O–H groups in total. The Morgan fingerprint density at radius 3 is 2.35 bits per heavy atom. The van der Waals surface area contributed by atoms with Gasteiger partial charge in [0.05, 0.1) is 0 Å². The van der Waals surface area contributed by atoms with Crippen LogP contribution in [0.25, 0.3) is 0 Å². The van der Waals surface area contributed by atoms with E-state index in [1.807, 2.05) is 12.3 Å². The number of hydrogen-bond donors (Lipinski definition) is 1. The Morgan fingerprint density at radius 2 is 1.82 bits per heavy atom. The van der Waals surface area contributed by atoms with E-state index in [2.05, 4.69) is 37.0 Å². The lowest BCUT2D eigenvalue weighted by molar-refractivity contribution is 0.842. The van der Waals surface area contributed by atoms with Crippen LogP contribution < -0.4 is 5.23 Å². The summed E-state index contributed by atoms with van der Waals surface area (Å²) < 4.78 is 0. The van der Waals surface area contributed by atoms with Crippen LogP contribution in [0.4, 0.5) is 5.82 Å². The second-order valence-electron chi connectivity index (χ2n) is 4.79. The second-order valence-corrected chi connectivity index (χ2v) is 4.79. The summed E-state index contributed by atoms with van der Waals surface area (Å²) in [6.45, 7) is 7.21. The third kappa shape index (κ3) is 5.25. The van der Waals surface area contributed by atoms with Crippen LogP contribution in [0.5, 0.6) is 0 Å². The third-order valence-corrected chi connectivity index (χ3v) is 3.16. The smallest absolute Gasteiger partial charge is 0.253 e. The molecule has 94 valence electrons. The van der Waals surface area contributed by atoms with E-state index in [1.54, 1.807) is 0 Å². The minimum atomic E-state index is 0.587. The van der Waals surface area contributed by atoms with Crippen LogP contribution in [-0.4, -0.2) is 11.8 Å². The topological polar surface area (TPSA) is 24.9 Å². The maximum absolute atomic E-state index is 4.42. The highest BCUT2D eigenvalue weighted by Crippen LogP contribution is 2.15. The summed E-state index contributed by atoms with van der Waals surface area (Å²) in [5.41, 5.74) is 1.24. The van der Waals surface area contributed by atoms with Crippen LogP contribution in [0.2, 0.25) is 12.6 Å². The van der Waals surface area contributed by atoms with Crippen molar-refractivity contribution in [2.45, 2.75) is 59.1 Å². The number of nitrogens with zero attached hydrogens (tertiary/aromatic N) is 1. The summed E-state index contributed by atoms with van der Waals surface area (Å²) in [6.07, 6.45) is 9.52. The van der Waals surface area contributed by atoms with Gasteiger partial charge in [0, 0.05) is 6.20 Å². The minimum absolute atomic E-state index is 0.587. The molecule has 0 aromatic carbocycles. The molecule has 0 amide bonds. The fourth-order valence-corrected chi connectivity index (χ4v) is 2.02. The van der Waals surface area contributed by atoms with Crippen LogP contribution >= 0.6 is 0 Å². The molecule has 0 bridgehead atoms. The van der Waals surface area contributed by atoms with Crippen LogP contribution in [0.3, 0.4) is 0 Å². The summed E-state index contributed by atoms with van der Waals surface area (Å²) in [5.74, 6) is 1.06. The molecule has 1 aromatic rings. The molecule has 3 heteroatoms. The van der Waals surface area contributed by atoms with Gasteiger partial charge in [-0.2, -0.15) is 0 Å². The highest BCUT2D eigenvalue weighted by molar-refractivity contribution is 6.62. The molecule has 1 aromatic heterocycles. The molecule has 0 aliphatic carbocycles. The molecule has 0 aliphatic rings. The maximum Gasteiger partial charge on any atom is 0.253 e. The highest BCUT2D eigenvalue weighted by atomic mass is 14.9. The van der Waals surface area contributed by atoms with Gasteiger partial charge in [-0.25, -0.2) is 4.98 Å². The first-order valence-corrected chi connectivity index (χ1v) is 6.96. The van der Waals surface area contributed by atoms with Gasteiger partial charge in [-0.15, -0.1) is 0 Å². The minimum Gasteiger partial charge on any atom is -0.413 e. The molecular weight excluding hydrogens is 207 g/mol. The van der Waals surface area contributed by atoms with E-state index in [9.17, 15) is 0 Å². The molecule has 0 saturated heterocycles. The van der Waals surface area contributed by atoms with E-state index < -0.39 is 0 Å². The first kappa shape index (κ1) is 14.1. The first-order valence-electron chi connectivity index (χ1n) is 6.96. The Balaban J connectivity index is 2.55. The summed E-state index contributed by atoms with van der Waals surface area (Å²) in [5, 5.41) is 3.61. The first-order chi connectivity index (χ1) is 8.27. The molecule has 0 unspecified atom stereocenters. The molecule has 1 heterocycles. The maximum atomic E-state index is 4.42. The molecule has 0 atom stereocenters. The molecule has 0 saturated carbocycles. The number of anilines is 1. The van der Waals surface area contributed by atoms with Gasteiger partial charge in [-0.1, -0.05) is 58.2 Å². The Hall–Kier alpha value is -0.985. The number of aryl methyl sites for hydroxylation is 1. The highest BCUT2D eigenvalue weighted by Gasteiger charge is 2.14. The Kier molecular flexibility index (Phi) is 6.75. The average molecular weight is 232 g/mol. The van der Waals surface area contributed by atoms with Gasteiger partial charge in [0.25, 0.3) is 6.85 Å². The van der Waals surface area contributed by atoms with Gasteiger partial charge in [0.1, 0.15) is 5.82 Å². The number of pyridine rings is 1. The van der Waals surface area contributed by atoms with Gasteiger partial charge in [0.15, 0.2) is 0 Å². The normalized spacial score (nSPS) is 10.3. The zero-order valence-corrected chi connectivity index (χ0v) is 11.5. The van der Waals surface area contributed by atoms with Gasteiger partial charge in [-0.3, -0.25) is 0 Å². The zero-order chi connectivity index (χ0) is 12.5. The SMILES string of the molecule is CCCCB(CCCC)Nc1ncccc1C. The zero-order valence-electron chi connectivity index (χ0n) is 11.5. The fourth-order valence-electron chi connectivity index (χ4n) is 2.02. The van der Waals surface area contributed by atoms with Gasteiger partial charge in [0.2, 0.25) is 0 Å². The van der Waals surface area contributed by atoms with Crippen molar-refractivity contribution in [1.82, 2.24) is 4.98 Å². The predicted molar refractivity (Wildman–Crippen MR) is 77.8 cm³/mol. The van der Waals surface area contributed by atoms with Crippen molar-refractivity contribution in [1.29, 1.82) is 0 Å². The van der Waals surface area contributed by atoms with Crippen molar-refractivity contribution < 1.29 is 0 Å². The molecule has 17 heavy (non-hydrogen) atoms. The predicted octanol–water partition coefficient (Wildman–Crippen LogP) is 4.39. The van der Waals surface area contributed by atoms with E-state index >= 15 is 0 Å². The number of unbranched alkanes of at least 4 members (excludes halogenated alkanes) is 2. The molecule has 0 radical (unpaired) electrons. The molecule has 0 fully saturated rings. The van der Waals surface area contributed by atoms with Crippen LogP contribution in [0.1, 0.15) is 45.1 Å². The van der Waals surface area contributed by atoms with Crippen molar-refractivity contribution in [3.8, 4) is 0 Å². The summed E-state index contributed by atoms with van der Waals surface area (Å²) in [4.78, 5) is 4.42.